The summed E-state index contributed by atoms with van der Waals surface area (Å²) in [5.41, 5.74) is 0.471. The number of nitrogens with one attached hydrogen (secondary N) is 2. The van der Waals surface area contributed by atoms with Crippen LogP contribution in [0.1, 0.15) is 6.92 Å². The van der Waals surface area contributed by atoms with E-state index in [4.69, 9.17) is 9.47 Å². The van der Waals surface area contributed by atoms with Gasteiger partial charge in [0, 0.05) is 19.2 Å². The van der Waals surface area contributed by atoms with Gasteiger partial charge in [0.1, 0.15) is 6.61 Å². The minimum absolute atomic E-state index is 0.0340. The first-order valence-corrected chi connectivity index (χ1v) is 5.37. The Bertz CT molecular complexity index is 266. The van der Waals surface area contributed by atoms with Crippen molar-refractivity contribution in [1.82, 2.24) is 10.6 Å². The summed E-state index contributed by atoms with van der Waals surface area (Å²) in [6.45, 7) is 6.76. The summed E-state index contributed by atoms with van der Waals surface area (Å²) in [5.74, 6) is -0.344. The van der Waals surface area contributed by atoms with Crippen LogP contribution in [0.4, 0.5) is 0 Å². The summed E-state index contributed by atoms with van der Waals surface area (Å²) in [6, 6.07) is 0. The summed E-state index contributed by atoms with van der Waals surface area (Å²) < 4.78 is 10.2. The lowest BCUT2D eigenvalue weighted by atomic mass is 10.3. The van der Waals surface area contributed by atoms with Crippen molar-refractivity contribution < 1.29 is 19.1 Å². The lowest BCUT2D eigenvalue weighted by molar-refractivity contribution is -0.125. The van der Waals surface area contributed by atoms with E-state index in [0.717, 1.165) is 0 Å². The topological polar surface area (TPSA) is 76.7 Å². The van der Waals surface area contributed by atoms with Crippen molar-refractivity contribution in [3.63, 3.8) is 0 Å². The van der Waals surface area contributed by atoms with E-state index in [0.29, 0.717) is 31.9 Å². The molecule has 0 atom stereocenters. The normalized spacial score (nSPS) is 9.76. The Morgan fingerprint density at radius 3 is 2.41 bits per heavy atom. The Morgan fingerprint density at radius 2 is 1.82 bits per heavy atom. The highest BCUT2D eigenvalue weighted by molar-refractivity contribution is 5.92. The van der Waals surface area contributed by atoms with Gasteiger partial charge in [0.25, 0.3) is 0 Å². The molecule has 2 amide bonds. The predicted molar refractivity (Wildman–Crippen MR) is 63.5 cm³/mol. The summed E-state index contributed by atoms with van der Waals surface area (Å²) >= 11 is 0. The van der Waals surface area contributed by atoms with E-state index in [2.05, 4.69) is 17.2 Å². The van der Waals surface area contributed by atoms with Gasteiger partial charge < -0.3 is 20.1 Å². The quantitative estimate of drug-likeness (QED) is 0.422. The average Bonchev–Trinajstić information content (AvgIpc) is 2.31. The molecule has 6 nitrogen and oxygen atoms in total. The van der Waals surface area contributed by atoms with Crippen molar-refractivity contribution in [3.8, 4) is 0 Å². The minimum Gasteiger partial charge on any atom is -0.377 e. The van der Waals surface area contributed by atoms with Gasteiger partial charge in [-0.05, 0) is 6.92 Å². The molecule has 2 N–H and O–H groups in total. The largest absolute Gasteiger partial charge is 0.377 e. The molecule has 0 bridgehead atoms. The smallest absolute Gasteiger partial charge is 0.246 e. The van der Waals surface area contributed by atoms with Crippen LogP contribution in [0.15, 0.2) is 12.2 Å². The Hall–Kier alpha value is -1.40. The van der Waals surface area contributed by atoms with Crippen LogP contribution in [-0.4, -0.2) is 51.8 Å². The van der Waals surface area contributed by atoms with Crippen LogP contribution in [0.5, 0.6) is 0 Å². The van der Waals surface area contributed by atoms with Crippen LogP contribution in [0.25, 0.3) is 0 Å². The summed E-state index contributed by atoms with van der Waals surface area (Å²) in [5, 5.41) is 5.07. The fraction of sp³-hybridized carbons (Fsp3) is 0.636. The van der Waals surface area contributed by atoms with Crippen LogP contribution in [0.3, 0.4) is 0 Å². The fourth-order valence-electron chi connectivity index (χ4n) is 0.845. The van der Waals surface area contributed by atoms with E-state index in [1.807, 2.05) is 0 Å². The first kappa shape index (κ1) is 15.6. The second-order valence-corrected chi connectivity index (χ2v) is 3.37. The Kier molecular flexibility index (Phi) is 8.99. The maximum atomic E-state index is 11.1. The van der Waals surface area contributed by atoms with Gasteiger partial charge in [-0.15, -0.1) is 0 Å². The molecule has 0 aliphatic rings. The van der Waals surface area contributed by atoms with E-state index < -0.39 is 0 Å². The Morgan fingerprint density at radius 1 is 1.18 bits per heavy atom. The molecular weight excluding hydrogens is 224 g/mol. The van der Waals surface area contributed by atoms with E-state index >= 15 is 0 Å². The second kappa shape index (κ2) is 9.80. The third kappa shape index (κ3) is 9.52. The molecule has 0 heterocycles. The van der Waals surface area contributed by atoms with Crippen LogP contribution in [-0.2, 0) is 19.1 Å². The van der Waals surface area contributed by atoms with Crippen molar-refractivity contribution in [2.24, 2.45) is 0 Å². The predicted octanol–water partition coefficient (Wildman–Crippen LogP) is -0.542. The Balaban J connectivity index is 3.22. The highest BCUT2D eigenvalue weighted by atomic mass is 16.5. The molecule has 0 rings (SSSR count). The third-order valence-electron chi connectivity index (χ3n) is 1.80. The molecule has 6 heteroatoms. The zero-order valence-corrected chi connectivity index (χ0v) is 10.4. The first-order chi connectivity index (χ1) is 8.07. The molecule has 0 unspecified atom stereocenters. The maximum Gasteiger partial charge on any atom is 0.246 e. The molecule has 0 saturated heterocycles. The molecular formula is C11H20N2O4. The van der Waals surface area contributed by atoms with Gasteiger partial charge in [-0.2, -0.15) is 0 Å². The number of hydrogen-bond donors (Lipinski definition) is 2. The van der Waals surface area contributed by atoms with Crippen LogP contribution in [0, 0.1) is 0 Å². The van der Waals surface area contributed by atoms with Crippen LogP contribution < -0.4 is 10.6 Å². The standard InChI is InChI=1S/C11H20N2O4/c1-9(2)11(15)13-4-5-16-6-7-17-8-10(14)12-3/h1,4-8H2,2-3H3,(H,12,14)(H,13,15). The van der Waals surface area contributed by atoms with Gasteiger partial charge in [-0.25, -0.2) is 0 Å². The zero-order valence-electron chi connectivity index (χ0n) is 10.4. The van der Waals surface area contributed by atoms with Crippen LogP contribution in [0.2, 0.25) is 0 Å². The molecule has 0 saturated carbocycles. The molecule has 0 radical (unpaired) electrons. The monoisotopic (exact) mass is 244 g/mol. The number of hydrogen-bond acceptors (Lipinski definition) is 4. The van der Waals surface area contributed by atoms with E-state index in [1.165, 1.54) is 0 Å². The molecule has 98 valence electrons. The first-order valence-electron chi connectivity index (χ1n) is 5.37. The summed E-state index contributed by atoms with van der Waals surface area (Å²) in [4.78, 5) is 21.8. The van der Waals surface area contributed by atoms with Gasteiger partial charge in [0.15, 0.2) is 0 Å². The summed E-state index contributed by atoms with van der Waals surface area (Å²) in [6.07, 6.45) is 0. The molecule has 0 fully saturated rings. The van der Waals surface area contributed by atoms with Crippen molar-refractivity contribution in [2.45, 2.75) is 6.92 Å². The SMILES string of the molecule is C=C(C)C(=O)NCCOCCOCC(=O)NC. The van der Waals surface area contributed by atoms with Crippen molar-refractivity contribution >= 4 is 11.8 Å². The van der Waals surface area contributed by atoms with Crippen molar-refractivity contribution in [1.29, 1.82) is 0 Å². The van der Waals surface area contributed by atoms with E-state index in [-0.39, 0.29) is 18.4 Å². The fourth-order valence-corrected chi connectivity index (χ4v) is 0.845. The third-order valence-corrected chi connectivity index (χ3v) is 1.80. The number of likely N-dealkylation sites (N-methyl/N-ethyl adjacent to an activating group) is 1. The molecule has 17 heavy (non-hydrogen) atoms. The molecule has 0 aliphatic heterocycles. The minimum atomic E-state index is -0.176. The maximum absolute atomic E-state index is 11.1. The lowest BCUT2D eigenvalue weighted by Gasteiger charge is -2.06. The molecule has 0 aromatic carbocycles. The number of rotatable bonds is 9. The average molecular weight is 244 g/mol. The summed E-state index contributed by atoms with van der Waals surface area (Å²) in [7, 11) is 1.55. The highest BCUT2D eigenvalue weighted by Gasteiger charge is 1.99. The molecule has 0 aromatic heterocycles. The Labute approximate surface area is 101 Å². The van der Waals surface area contributed by atoms with Crippen molar-refractivity contribution in [2.75, 3.05) is 40.0 Å². The van der Waals surface area contributed by atoms with Gasteiger partial charge in [0.05, 0.1) is 19.8 Å². The van der Waals surface area contributed by atoms with Gasteiger partial charge in [-0.3, -0.25) is 9.59 Å². The van der Waals surface area contributed by atoms with Gasteiger partial charge >= 0.3 is 0 Å². The lowest BCUT2D eigenvalue weighted by Crippen LogP contribution is -2.28. The van der Waals surface area contributed by atoms with Crippen LogP contribution >= 0.6 is 0 Å². The van der Waals surface area contributed by atoms with E-state index in [1.54, 1.807) is 14.0 Å². The molecule has 0 aromatic rings. The highest BCUT2D eigenvalue weighted by Crippen LogP contribution is 1.85. The number of amides is 2. The van der Waals surface area contributed by atoms with Gasteiger partial charge in [0.2, 0.25) is 11.8 Å². The zero-order chi connectivity index (χ0) is 13.1. The number of ether oxygens (including phenoxy) is 2. The molecule has 0 aliphatic carbocycles. The second-order valence-electron chi connectivity index (χ2n) is 3.37. The van der Waals surface area contributed by atoms with E-state index in [9.17, 15) is 9.59 Å². The number of carbonyl (C=O) groups is 2. The molecule has 0 spiro atoms. The van der Waals surface area contributed by atoms with Crippen molar-refractivity contribution in [3.05, 3.63) is 12.2 Å². The number of carbonyl (C=O) groups excluding carboxylic acids is 2. The van der Waals surface area contributed by atoms with Gasteiger partial charge in [-0.1, -0.05) is 6.58 Å².